The van der Waals surface area contributed by atoms with Gasteiger partial charge in [0.25, 0.3) is 10.0 Å². The normalized spacial score (nSPS) is 11.9. The van der Waals surface area contributed by atoms with Crippen LogP contribution in [0.25, 0.3) is 0 Å². The van der Waals surface area contributed by atoms with Crippen molar-refractivity contribution in [2.24, 2.45) is 0 Å². The summed E-state index contributed by atoms with van der Waals surface area (Å²) in [5.41, 5.74) is 3.35. The minimum Gasteiger partial charge on any atom is -0.355 e. The third-order valence-electron chi connectivity index (χ3n) is 7.25. The molecule has 0 heterocycles. The Kier molecular flexibility index (Phi) is 11.1. The molecule has 7 nitrogen and oxygen atoms in total. The molecule has 10 heteroatoms. The molecular formula is C34H35Cl2N3O4S. The third-order valence-corrected chi connectivity index (χ3v) is 9.61. The predicted molar refractivity (Wildman–Crippen MR) is 177 cm³/mol. The second kappa shape index (κ2) is 14.8. The van der Waals surface area contributed by atoms with E-state index in [2.05, 4.69) is 5.32 Å². The molecule has 0 bridgehead atoms. The standard InChI is InChI=1S/C34H35Cl2N3O4S/c1-4-37-34(41)32(20-26-11-6-5-7-12-26)38(22-27-16-17-28(35)21-30(27)36)33(40)23-39(31-13-9-8-10-25(31)3)44(42,43)29-18-14-24(2)15-19-29/h5-19,21,32H,4,20,22-23H2,1-3H3,(H,37,41). The number of anilines is 1. The summed E-state index contributed by atoms with van der Waals surface area (Å²) in [6.45, 7) is 5.22. The van der Waals surface area contributed by atoms with Crippen molar-refractivity contribution in [2.75, 3.05) is 17.4 Å². The number of carbonyl (C=O) groups is 2. The van der Waals surface area contributed by atoms with Crippen molar-refractivity contribution in [1.82, 2.24) is 10.2 Å². The van der Waals surface area contributed by atoms with Crippen LogP contribution in [0.5, 0.6) is 0 Å². The van der Waals surface area contributed by atoms with Gasteiger partial charge in [0.2, 0.25) is 11.8 Å². The number of hydrogen-bond acceptors (Lipinski definition) is 4. The lowest BCUT2D eigenvalue weighted by Gasteiger charge is -2.34. The molecule has 4 rings (SSSR count). The molecule has 230 valence electrons. The number of aryl methyl sites for hydroxylation is 2. The lowest BCUT2D eigenvalue weighted by Crippen LogP contribution is -2.53. The van der Waals surface area contributed by atoms with Crippen LogP contribution in [0.4, 0.5) is 5.69 Å². The summed E-state index contributed by atoms with van der Waals surface area (Å²) in [6, 6.07) is 26.8. The zero-order valence-electron chi connectivity index (χ0n) is 24.8. The third kappa shape index (κ3) is 8.00. The molecule has 0 saturated heterocycles. The summed E-state index contributed by atoms with van der Waals surface area (Å²) in [6.07, 6.45) is 0.207. The van der Waals surface area contributed by atoms with Crippen molar-refractivity contribution in [1.29, 1.82) is 0 Å². The molecule has 1 unspecified atom stereocenters. The number of amides is 2. The van der Waals surface area contributed by atoms with Crippen LogP contribution in [-0.4, -0.2) is 44.3 Å². The Balaban J connectivity index is 1.82. The Morgan fingerprint density at radius 2 is 1.52 bits per heavy atom. The van der Waals surface area contributed by atoms with Crippen molar-refractivity contribution >= 4 is 50.7 Å². The maximum atomic E-state index is 14.5. The molecule has 0 aromatic heterocycles. The molecule has 0 aliphatic rings. The number of para-hydroxylation sites is 1. The summed E-state index contributed by atoms with van der Waals surface area (Å²) in [4.78, 5) is 29.5. The van der Waals surface area contributed by atoms with Crippen LogP contribution in [0.3, 0.4) is 0 Å². The number of carbonyl (C=O) groups excluding carboxylic acids is 2. The van der Waals surface area contributed by atoms with E-state index in [4.69, 9.17) is 23.2 Å². The summed E-state index contributed by atoms with van der Waals surface area (Å²) in [5, 5.41) is 3.60. The first kappa shape index (κ1) is 33.1. The van der Waals surface area contributed by atoms with Crippen molar-refractivity contribution in [3.8, 4) is 0 Å². The van der Waals surface area contributed by atoms with Crippen LogP contribution >= 0.6 is 23.2 Å². The molecule has 0 aliphatic carbocycles. The van der Waals surface area contributed by atoms with E-state index >= 15 is 0 Å². The first-order chi connectivity index (χ1) is 21.0. The fourth-order valence-electron chi connectivity index (χ4n) is 4.87. The zero-order valence-corrected chi connectivity index (χ0v) is 27.2. The molecule has 1 N–H and O–H groups in total. The molecule has 0 aliphatic heterocycles. The highest BCUT2D eigenvalue weighted by Gasteiger charge is 2.35. The minimum absolute atomic E-state index is 0.0460. The number of benzene rings is 4. The Morgan fingerprint density at radius 1 is 0.864 bits per heavy atom. The average molecular weight is 653 g/mol. The molecule has 44 heavy (non-hydrogen) atoms. The second-order valence-electron chi connectivity index (χ2n) is 10.5. The summed E-state index contributed by atoms with van der Waals surface area (Å²) >= 11 is 12.7. The topological polar surface area (TPSA) is 86.8 Å². The number of sulfonamides is 1. The van der Waals surface area contributed by atoms with Gasteiger partial charge in [-0.1, -0.05) is 95.5 Å². The summed E-state index contributed by atoms with van der Waals surface area (Å²) < 4.78 is 29.4. The summed E-state index contributed by atoms with van der Waals surface area (Å²) in [7, 11) is -4.18. The van der Waals surface area contributed by atoms with Crippen LogP contribution in [-0.2, 0) is 32.6 Å². The number of hydrogen-bond donors (Lipinski definition) is 1. The molecule has 2 amide bonds. The fourth-order valence-corrected chi connectivity index (χ4v) is 6.82. The van der Waals surface area contributed by atoms with Crippen molar-refractivity contribution in [3.63, 3.8) is 0 Å². The largest absolute Gasteiger partial charge is 0.355 e. The van der Waals surface area contributed by atoms with E-state index in [9.17, 15) is 18.0 Å². The average Bonchev–Trinajstić information content (AvgIpc) is 3.00. The van der Waals surface area contributed by atoms with E-state index in [1.54, 1.807) is 68.4 Å². The Morgan fingerprint density at radius 3 is 2.16 bits per heavy atom. The van der Waals surface area contributed by atoms with Gasteiger partial charge in [0.05, 0.1) is 10.6 Å². The first-order valence-electron chi connectivity index (χ1n) is 14.2. The second-order valence-corrected chi connectivity index (χ2v) is 13.2. The van der Waals surface area contributed by atoms with Gasteiger partial charge < -0.3 is 10.2 Å². The Labute approximate surface area is 269 Å². The molecule has 0 saturated carbocycles. The smallest absolute Gasteiger partial charge is 0.264 e. The molecule has 0 radical (unpaired) electrons. The summed E-state index contributed by atoms with van der Waals surface area (Å²) in [5.74, 6) is -0.930. The van der Waals surface area contributed by atoms with Gasteiger partial charge in [-0.2, -0.15) is 0 Å². The van der Waals surface area contributed by atoms with E-state index in [-0.39, 0.29) is 23.8 Å². The van der Waals surface area contributed by atoms with E-state index in [0.29, 0.717) is 33.4 Å². The van der Waals surface area contributed by atoms with Gasteiger partial charge in [-0.15, -0.1) is 0 Å². The van der Waals surface area contributed by atoms with Gasteiger partial charge in [-0.3, -0.25) is 13.9 Å². The number of halogens is 2. The van der Waals surface area contributed by atoms with E-state index in [0.717, 1.165) is 15.4 Å². The number of likely N-dealkylation sites (N-methyl/N-ethyl adjacent to an activating group) is 1. The zero-order chi connectivity index (χ0) is 31.9. The van der Waals surface area contributed by atoms with Gasteiger partial charge in [0, 0.05) is 29.6 Å². The Bertz CT molecular complexity index is 1710. The molecule has 4 aromatic carbocycles. The monoisotopic (exact) mass is 651 g/mol. The molecule has 1 atom stereocenters. The quantitative estimate of drug-likeness (QED) is 0.187. The number of nitrogens with one attached hydrogen (secondary N) is 1. The molecule has 4 aromatic rings. The minimum atomic E-state index is -4.18. The van der Waals surface area contributed by atoms with Crippen molar-refractivity contribution in [2.45, 2.75) is 44.7 Å². The fraction of sp³-hybridized carbons (Fsp3) is 0.235. The molecular weight excluding hydrogens is 617 g/mol. The van der Waals surface area contributed by atoms with Crippen LogP contribution < -0.4 is 9.62 Å². The van der Waals surface area contributed by atoms with Crippen LogP contribution in [0.1, 0.15) is 29.2 Å². The maximum absolute atomic E-state index is 14.5. The van der Waals surface area contributed by atoms with Gasteiger partial charge in [0.1, 0.15) is 12.6 Å². The molecule has 0 spiro atoms. The first-order valence-corrected chi connectivity index (χ1v) is 16.4. The van der Waals surface area contributed by atoms with Gasteiger partial charge in [0.15, 0.2) is 0 Å². The highest BCUT2D eigenvalue weighted by atomic mass is 35.5. The van der Waals surface area contributed by atoms with Gasteiger partial charge in [-0.05, 0) is 67.8 Å². The van der Waals surface area contributed by atoms with Crippen molar-refractivity contribution in [3.05, 3.63) is 129 Å². The number of nitrogens with zero attached hydrogens (tertiary/aromatic N) is 2. The predicted octanol–water partition coefficient (Wildman–Crippen LogP) is 6.58. The van der Waals surface area contributed by atoms with Crippen molar-refractivity contribution < 1.29 is 18.0 Å². The Hall–Kier alpha value is -3.85. The van der Waals surface area contributed by atoms with Gasteiger partial charge in [-0.25, -0.2) is 8.42 Å². The van der Waals surface area contributed by atoms with E-state index < -0.39 is 28.5 Å². The van der Waals surface area contributed by atoms with E-state index in [1.807, 2.05) is 37.3 Å². The lowest BCUT2D eigenvalue weighted by atomic mass is 10.0. The van der Waals surface area contributed by atoms with E-state index in [1.165, 1.54) is 17.0 Å². The molecule has 0 fully saturated rings. The highest BCUT2D eigenvalue weighted by molar-refractivity contribution is 7.92. The maximum Gasteiger partial charge on any atom is 0.264 e. The number of rotatable bonds is 12. The SMILES string of the molecule is CCNC(=O)C(Cc1ccccc1)N(Cc1ccc(Cl)cc1Cl)C(=O)CN(c1ccccc1C)S(=O)(=O)c1ccc(C)cc1. The van der Waals surface area contributed by atoms with Crippen LogP contribution in [0.2, 0.25) is 10.0 Å². The lowest BCUT2D eigenvalue weighted by molar-refractivity contribution is -0.140. The van der Waals surface area contributed by atoms with Gasteiger partial charge >= 0.3 is 0 Å². The van der Waals surface area contributed by atoms with Crippen LogP contribution in [0.15, 0.2) is 102 Å². The highest BCUT2D eigenvalue weighted by Crippen LogP contribution is 2.29. The van der Waals surface area contributed by atoms with Crippen LogP contribution in [0, 0.1) is 13.8 Å².